The molecule has 2 aromatic carbocycles. The number of nitrogens with zero attached hydrogens (tertiary/aromatic N) is 1. The number of carbonyl (C=O) groups is 2. The average molecular weight is 632 g/mol. The lowest BCUT2D eigenvalue weighted by atomic mass is 9.97. The molecule has 0 saturated heterocycles. The standard InChI is InChI=1S/C16H20F3N3O.C15H16ClF3O/c1-3-4-5-6-7-11-8-10(2)12(14(23)22-15(20)21)9-13(11)16(17,18)19;1-3-4-5-6-7-11-8-10(2)12(14(16)20)9-13(11)15(17,18)19/h6-9H,3-5H2,1-2H3,(H4,20,21,22,23);6-9H,3-5H2,1-2H3. The summed E-state index contributed by atoms with van der Waals surface area (Å²) in [5.74, 6) is -1.39. The van der Waals surface area contributed by atoms with Crippen molar-refractivity contribution in [3.63, 3.8) is 0 Å². The molecule has 0 heterocycles. The van der Waals surface area contributed by atoms with Gasteiger partial charge in [0.25, 0.3) is 11.1 Å². The van der Waals surface area contributed by atoms with Gasteiger partial charge >= 0.3 is 12.4 Å². The first-order valence-electron chi connectivity index (χ1n) is 13.5. The smallest absolute Gasteiger partial charge is 0.370 e. The highest BCUT2D eigenvalue weighted by molar-refractivity contribution is 6.67. The zero-order valence-electron chi connectivity index (χ0n) is 24.4. The van der Waals surface area contributed by atoms with Crippen molar-refractivity contribution in [1.29, 1.82) is 0 Å². The van der Waals surface area contributed by atoms with Gasteiger partial charge in [-0.1, -0.05) is 76.0 Å². The average Bonchev–Trinajstić information content (AvgIpc) is 2.87. The predicted octanol–water partition coefficient (Wildman–Crippen LogP) is 9.23. The number of halogens is 7. The molecule has 0 aliphatic heterocycles. The van der Waals surface area contributed by atoms with Gasteiger partial charge in [-0.15, -0.1) is 0 Å². The van der Waals surface area contributed by atoms with Gasteiger partial charge in [0.15, 0.2) is 5.96 Å². The van der Waals surface area contributed by atoms with Gasteiger partial charge < -0.3 is 11.5 Å². The van der Waals surface area contributed by atoms with Gasteiger partial charge in [-0.3, -0.25) is 9.59 Å². The first-order valence-corrected chi connectivity index (χ1v) is 13.9. The van der Waals surface area contributed by atoms with Crippen LogP contribution in [0, 0.1) is 13.8 Å². The summed E-state index contributed by atoms with van der Waals surface area (Å²) in [4.78, 5) is 26.3. The molecule has 5 nitrogen and oxygen atoms in total. The van der Waals surface area contributed by atoms with Gasteiger partial charge in [-0.25, -0.2) is 0 Å². The molecule has 1 amide bonds. The third kappa shape index (κ3) is 12.3. The predicted molar refractivity (Wildman–Crippen MR) is 160 cm³/mol. The normalized spacial score (nSPS) is 11.9. The quantitative estimate of drug-likeness (QED) is 0.0898. The molecular weight excluding hydrogens is 596 g/mol. The summed E-state index contributed by atoms with van der Waals surface area (Å²) in [5, 5.41) is -0.880. The summed E-state index contributed by atoms with van der Waals surface area (Å²) in [6, 6.07) is 4.29. The van der Waals surface area contributed by atoms with E-state index in [2.05, 4.69) is 4.99 Å². The van der Waals surface area contributed by atoms with Crippen LogP contribution in [0.15, 0.2) is 41.4 Å². The van der Waals surface area contributed by atoms with E-state index in [-0.39, 0.29) is 22.3 Å². The van der Waals surface area contributed by atoms with Crippen molar-refractivity contribution in [1.82, 2.24) is 0 Å². The zero-order valence-corrected chi connectivity index (χ0v) is 25.2. The van der Waals surface area contributed by atoms with Crippen LogP contribution in [0.1, 0.15) is 106 Å². The number of unbranched alkanes of at least 4 members (excludes halogenated alkanes) is 4. The number of rotatable bonds is 10. The number of hydrogen-bond donors (Lipinski definition) is 2. The first-order chi connectivity index (χ1) is 19.9. The molecule has 0 bridgehead atoms. The molecule has 0 radical (unpaired) electrons. The van der Waals surface area contributed by atoms with Crippen LogP contribution in [0.3, 0.4) is 0 Å². The van der Waals surface area contributed by atoms with E-state index in [0.29, 0.717) is 17.5 Å². The molecule has 0 unspecified atom stereocenters. The minimum absolute atomic E-state index is 0.0207. The third-order valence-electron chi connectivity index (χ3n) is 6.12. The molecule has 4 N–H and O–H groups in total. The Labute approximate surface area is 252 Å². The molecule has 2 aromatic rings. The number of amides is 1. The van der Waals surface area contributed by atoms with Crippen molar-refractivity contribution in [3.05, 3.63) is 80.9 Å². The molecule has 2 rings (SSSR count). The molecule has 0 fully saturated rings. The van der Waals surface area contributed by atoms with Crippen LogP contribution in [-0.4, -0.2) is 17.1 Å². The van der Waals surface area contributed by atoms with Crippen LogP contribution in [0.2, 0.25) is 0 Å². The van der Waals surface area contributed by atoms with E-state index in [9.17, 15) is 35.9 Å². The zero-order chi connectivity index (χ0) is 33.0. The molecule has 0 atom stereocenters. The molecule has 0 spiro atoms. The van der Waals surface area contributed by atoms with Crippen LogP contribution in [0.25, 0.3) is 12.2 Å². The molecular formula is C31H36ClF6N3O2. The SMILES string of the molecule is CCCCC=Cc1cc(C)c(C(=O)Cl)cc1C(F)(F)F.CCCCC=Cc1cc(C)c(C(=O)N=C(N)N)cc1C(F)(F)F. The van der Waals surface area contributed by atoms with Gasteiger partial charge in [0.1, 0.15) is 0 Å². The summed E-state index contributed by atoms with van der Waals surface area (Å²) in [6.45, 7) is 7.13. The van der Waals surface area contributed by atoms with Gasteiger partial charge in [0.05, 0.1) is 11.1 Å². The maximum absolute atomic E-state index is 13.2. The van der Waals surface area contributed by atoms with Crippen LogP contribution in [0.4, 0.5) is 26.3 Å². The molecule has 236 valence electrons. The number of aliphatic imine (C=N–C) groups is 1. The van der Waals surface area contributed by atoms with Crippen molar-refractivity contribution in [2.45, 2.75) is 78.6 Å². The molecule has 0 aliphatic rings. The monoisotopic (exact) mass is 631 g/mol. The highest BCUT2D eigenvalue weighted by Crippen LogP contribution is 2.36. The van der Waals surface area contributed by atoms with Crippen molar-refractivity contribution in [2.24, 2.45) is 16.5 Å². The summed E-state index contributed by atoms with van der Waals surface area (Å²) in [6.07, 6.45) is 2.40. The number of guanidine groups is 1. The van der Waals surface area contributed by atoms with E-state index in [1.54, 1.807) is 26.0 Å². The maximum atomic E-state index is 13.2. The topological polar surface area (TPSA) is 98.5 Å². The van der Waals surface area contributed by atoms with Gasteiger partial charge in [0.2, 0.25) is 0 Å². The lowest BCUT2D eigenvalue weighted by Crippen LogP contribution is -2.24. The molecule has 43 heavy (non-hydrogen) atoms. The van der Waals surface area contributed by atoms with Crippen molar-refractivity contribution >= 4 is 40.9 Å². The highest BCUT2D eigenvalue weighted by atomic mass is 35.5. The second-order valence-corrected chi connectivity index (χ2v) is 10.1. The first kappa shape index (κ1) is 37.4. The van der Waals surface area contributed by atoms with Crippen molar-refractivity contribution < 1.29 is 35.9 Å². The molecule has 0 aromatic heterocycles. The second-order valence-electron chi connectivity index (χ2n) is 9.71. The largest absolute Gasteiger partial charge is 0.417 e. The Morgan fingerprint density at radius 3 is 1.51 bits per heavy atom. The van der Waals surface area contributed by atoms with Crippen molar-refractivity contribution in [3.8, 4) is 0 Å². The summed E-state index contributed by atoms with van der Waals surface area (Å²) >= 11 is 5.30. The Kier molecular flexibility index (Phi) is 14.7. The number of hydrogen-bond acceptors (Lipinski definition) is 2. The van der Waals surface area contributed by atoms with E-state index in [4.69, 9.17) is 23.1 Å². The van der Waals surface area contributed by atoms with E-state index in [1.807, 2.05) is 13.8 Å². The van der Waals surface area contributed by atoms with Crippen LogP contribution in [0.5, 0.6) is 0 Å². The Hall–Kier alpha value is -3.60. The Bertz CT molecular complexity index is 1360. The van der Waals surface area contributed by atoms with E-state index in [0.717, 1.165) is 44.2 Å². The van der Waals surface area contributed by atoms with E-state index in [1.165, 1.54) is 24.3 Å². The highest BCUT2D eigenvalue weighted by Gasteiger charge is 2.35. The fourth-order valence-electron chi connectivity index (χ4n) is 3.91. The number of nitrogens with two attached hydrogens (primary N) is 2. The fourth-order valence-corrected chi connectivity index (χ4v) is 4.12. The summed E-state index contributed by atoms with van der Waals surface area (Å²) in [5.41, 5.74) is 9.11. The number of benzene rings is 2. The van der Waals surface area contributed by atoms with E-state index >= 15 is 0 Å². The third-order valence-corrected chi connectivity index (χ3v) is 6.32. The van der Waals surface area contributed by atoms with Crippen LogP contribution < -0.4 is 11.5 Å². The lowest BCUT2D eigenvalue weighted by molar-refractivity contribution is -0.138. The van der Waals surface area contributed by atoms with Gasteiger partial charge in [-0.2, -0.15) is 31.3 Å². The van der Waals surface area contributed by atoms with E-state index < -0.39 is 40.6 Å². The van der Waals surface area contributed by atoms with Crippen LogP contribution in [-0.2, 0) is 12.4 Å². The minimum Gasteiger partial charge on any atom is -0.370 e. The molecule has 12 heteroatoms. The molecule has 0 saturated carbocycles. The Balaban J connectivity index is 0.000000434. The number of aryl methyl sites for hydroxylation is 2. The van der Waals surface area contributed by atoms with Gasteiger partial charge in [0, 0.05) is 11.1 Å². The van der Waals surface area contributed by atoms with Gasteiger partial charge in [-0.05, 0) is 72.7 Å². The van der Waals surface area contributed by atoms with Crippen molar-refractivity contribution in [2.75, 3.05) is 0 Å². The minimum atomic E-state index is -4.58. The van der Waals surface area contributed by atoms with Crippen LogP contribution >= 0.6 is 11.6 Å². The summed E-state index contributed by atoms with van der Waals surface area (Å²) in [7, 11) is 0. The Morgan fingerprint density at radius 1 is 0.767 bits per heavy atom. The number of allylic oxidation sites excluding steroid dienone is 2. The lowest BCUT2D eigenvalue weighted by Gasteiger charge is -2.13. The number of carbonyl (C=O) groups excluding carboxylic acids is 2. The fraction of sp³-hybridized carbons (Fsp3) is 0.387. The number of alkyl halides is 6. The molecule has 0 aliphatic carbocycles. The maximum Gasteiger partial charge on any atom is 0.417 e. The summed E-state index contributed by atoms with van der Waals surface area (Å²) < 4.78 is 78.7. The second kappa shape index (κ2) is 16.9. The Morgan fingerprint density at radius 2 is 1.16 bits per heavy atom.